The van der Waals surface area contributed by atoms with Crippen LogP contribution in [0.25, 0.3) is 0 Å². The molecule has 0 saturated carbocycles. The normalized spacial score (nSPS) is 12.1. The second-order valence-corrected chi connectivity index (χ2v) is 11.3. The molecule has 2 amide bonds. The Hall–Kier alpha value is -2.85. The first-order valence-corrected chi connectivity index (χ1v) is 14.0. The average Bonchev–Trinajstić information content (AvgIpc) is 2.90. The summed E-state index contributed by atoms with van der Waals surface area (Å²) in [6.07, 6.45) is 0.251. The zero-order chi connectivity index (χ0) is 28.0. The third-order valence-electron chi connectivity index (χ3n) is 5.77. The molecule has 3 aromatic rings. The van der Waals surface area contributed by atoms with Crippen LogP contribution in [0.5, 0.6) is 0 Å². The van der Waals surface area contributed by atoms with Gasteiger partial charge in [0.05, 0.1) is 25.7 Å². The Morgan fingerprint density at radius 1 is 0.947 bits per heavy atom. The van der Waals surface area contributed by atoms with Crippen LogP contribution in [0.2, 0.25) is 15.1 Å². The highest BCUT2D eigenvalue weighted by atomic mass is 35.5. The zero-order valence-electron chi connectivity index (χ0n) is 20.5. The Balaban J connectivity index is 2.08. The van der Waals surface area contributed by atoms with Crippen molar-refractivity contribution in [2.24, 2.45) is 0 Å². The van der Waals surface area contributed by atoms with Crippen LogP contribution in [0.3, 0.4) is 0 Å². The number of amides is 2. The molecule has 3 aromatic carbocycles. The molecule has 3 rings (SSSR count). The first kappa shape index (κ1) is 29.7. The summed E-state index contributed by atoms with van der Waals surface area (Å²) >= 11 is 18.1. The highest BCUT2D eigenvalue weighted by Crippen LogP contribution is 2.29. The average molecular weight is 601 g/mol. The van der Waals surface area contributed by atoms with E-state index < -0.39 is 40.2 Å². The SMILES string of the molecule is CC[C@H](C(=O)NC)N(Cc1ccc(Cl)c(Cl)c1)C(=O)CN(c1ccc(F)c(Cl)c1)S(=O)(=O)c1ccccc1. The molecular weight excluding hydrogens is 576 g/mol. The van der Waals surface area contributed by atoms with Crippen molar-refractivity contribution in [3.05, 3.63) is 93.2 Å². The molecule has 0 aliphatic carbocycles. The Morgan fingerprint density at radius 3 is 2.21 bits per heavy atom. The van der Waals surface area contributed by atoms with Gasteiger partial charge in [0.15, 0.2) is 0 Å². The van der Waals surface area contributed by atoms with E-state index in [4.69, 9.17) is 34.8 Å². The van der Waals surface area contributed by atoms with Gasteiger partial charge in [-0.15, -0.1) is 0 Å². The molecule has 0 spiro atoms. The Labute approximate surface area is 236 Å². The summed E-state index contributed by atoms with van der Waals surface area (Å²) in [5.74, 6) is -1.85. The van der Waals surface area contributed by atoms with E-state index >= 15 is 0 Å². The van der Waals surface area contributed by atoms with Crippen molar-refractivity contribution in [3.8, 4) is 0 Å². The second kappa shape index (κ2) is 12.8. The fraction of sp³-hybridized carbons (Fsp3) is 0.231. The summed E-state index contributed by atoms with van der Waals surface area (Å²) in [5.41, 5.74) is 0.563. The number of likely N-dealkylation sites (N-methyl/N-ethyl adjacent to an activating group) is 1. The number of rotatable bonds is 10. The van der Waals surface area contributed by atoms with Crippen molar-refractivity contribution < 1.29 is 22.4 Å². The van der Waals surface area contributed by atoms with Gasteiger partial charge in [-0.3, -0.25) is 13.9 Å². The lowest BCUT2D eigenvalue weighted by Crippen LogP contribution is -2.51. The number of halogens is 4. The van der Waals surface area contributed by atoms with Crippen LogP contribution in [0.4, 0.5) is 10.1 Å². The van der Waals surface area contributed by atoms with Gasteiger partial charge in [-0.1, -0.05) is 66.0 Å². The highest BCUT2D eigenvalue weighted by Gasteiger charge is 2.33. The molecule has 1 N–H and O–H groups in total. The van der Waals surface area contributed by atoms with E-state index in [1.54, 1.807) is 43.3 Å². The van der Waals surface area contributed by atoms with Gasteiger partial charge in [0, 0.05) is 13.6 Å². The van der Waals surface area contributed by atoms with Gasteiger partial charge >= 0.3 is 0 Å². The van der Waals surface area contributed by atoms with E-state index in [1.807, 2.05) is 0 Å². The molecule has 1 atom stereocenters. The van der Waals surface area contributed by atoms with Crippen molar-refractivity contribution in [1.82, 2.24) is 10.2 Å². The number of sulfonamides is 1. The molecule has 0 radical (unpaired) electrons. The number of carbonyl (C=O) groups is 2. The van der Waals surface area contributed by atoms with Gasteiger partial charge in [0.25, 0.3) is 10.0 Å². The first-order valence-electron chi connectivity index (χ1n) is 11.5. The van der Waals surface area contributed by atoms with Crippen LogP contribution >= 0.6 is 34.8 Å². The summed E-state index contributed by atoms with van der Waals surface area (Å²) in [6, 6.07) is 14.7. The predicted octanol–water partition coefficient (Wildman–Crippen LogP) is 5.53. The van der Waals surface area contributed by atoms with Gasteiger partial charge in [-0.2, -0.15) is 0 Å². The van der Waals surface area contributed by atoms with E-state index in [1.165, 1.54) is 30.1 Å². The van der Waals surface area contributed by atoms with E-state index in [9.17, 15) is 22.4 Å². The fourth-order valence-corrected chi connectivity index (χ4v) is 5.73. The van der Waals surface area contributed by atoms with Crippen LogP contribution in [0, 0.1) is 5.82 Å². The molecule has 12 heteroatoms. The number of hydrogen-bond donors (Lipinski definition) is 1. The minimum Gasteiger partial charge on any atom is -0.357 e. The minimum absolute atomic E-state index is 0.0175. The standard InChI is InChI=1S/C26H25Cl3FN3O4S/c1-3-24(26(35)31-2)32(15-17-9-11-20(27)21(28)13-17)25(34)16-33(18-10-12-23(30)22(29)14-18)38(36,37)19-7-5-4-6-8-19/h4-14,24H,3,15-16H2,1-2H3,(H,31,35)/t24-/m1/s1. The monoisotopic (exact) mass is 599 g/mol. The topological polar surface area (TPSA) is 86.8 Å². The predicted molar refractivity (Wildman–Crippen MR) is 148 cm³/mol. The Kier molecular flexibility index (Phi) is 10.0. The van der Waals surface area contributed by atoms with Crippen molar-refractivity contribution in [2.75, 3.05) is 17.9 Å². The first-order chi connectivity index (χ1) is 18.0. The molecule has 0 aliphatic heterocycles. The van der Waals surface area contributed by atoms with E-state index in [2.05, 4.69) is 5.32 Å². The third kappa shape index (κ3) is 6.77. The molecule has 0 bridgehead atoms. The summed E-state index contributed by atoms with van der Waals surface area (Å²) < 4.78 is 42.1. The molecule has 0 fully saturated rings. The quantitative estimate of drug-likeness (QED) is 0.331. The molecule has 7 nitrogen and oxygen atoms in total. The number of anilines is 1. The van der Waals surface area contributed by atoms with Crippen LogP contribution in [-0.2, 0) is 26.2 Å². The van der Waals surface area contributed by atoms with Crippen molar-refractivity contribution in [3.63, 3.8) is 0 Å². The molecule has 38 heavy (non-hydrogen) atoms. The summed E-state index contributed by atoms with van der Waals surface area (Å²) in [7, 11) is -2.85. The lowest BCUT2D eigenvalue weighted by molar-refractivity contribution is -0.140. The second-order valence-electron chi connectivity index (χ2n) is 8.23. The molecular formula is C26H25Cl3FN3O4S. The summed E-state index contributed by atoms with van der Waals surface area (Å²) in [4.78, 5) is 27.7. The number of nitrogens with zero attached hydrogens (tertiary/aromatic N) is 2. The maximum atomic E-state index is 13.9. The summed E-state index contributed by atoms with van der Waals surface area (Å²) in [6.45, 7) is 0.992. The van der Waals surface area contributed by atoms with Gasteiger partial charge < -0.3 is 10.2 Å². The van der Waals surface area contributed by atoms with Crippen molar-refractivity contribution in [2.45, 2.75) is 30.8 Å². The highest BCUT2D eigenvalue weighted by molar-refractivity contribution is 7.92. The van der Waals surface area contributed by atoms with Crippen molar-refractivity contribution in [1.29, 1.82) is 0 Å². The van der Waals surface area contributed by atoms with Crippen LogP contribution in [0.1, 0.15) is 18.9 Å². The lowest BCUT2D eigenvalue weighted by atomic mass is 10.1. The molecule has 0 unspecified atom stereocenters. The Bertz CT molecular complexity index is 1420. The number of hydrogen-bond acceptors (Lipinski definition) is 4. The number of carbonyl (C=O) groups excluding carboxylic acids is 2. The number of benzene rings is 3. The van der Waals surface area contributed by atoms with Gasteiger partial charge in [0.2, 0.25) is 11.8 Å². The van der Waals surface area contributed by atoms with Gasteiger partial charge in [-0.25, -0.2) is 12.8 Å². The third-order valence-corrected chi connectivity index (χ3v) is 8.59. The van der Waals surface area contributed by atoms with E-state index in [0.717, 1.165) is 16.4 Å². The Morgan fingerprint density at radius 2 is 1.63 bits per heavy atom. The minimum atomic E-state index is -4.29. The molecule has 202 valence electrons. The van der Waals surface area contributed by atoms with Gasteiger partial charge in [-0.05, 0) is 54.4 Å². The van der Waals surface area contributed by atoms with Crippen LogP contribution in [0.15, 0.2) is 71.6 Å². The number of nitrogens with one attached hydrogen (secondary N) is 1. The molecule has 0 saturated heterocycles. The van der Waals surface area contributed by atoms with E-state index in [-0.39, 0.29) is 33.6 Å². The van der Waals surface area contributed by atoms with Crippen LogP contribution in [-0.4, -0.2) is 44.8 Å². The maximum Gasteiger partial charge on any atom is 0.264 e. The van der Waals surface area contributed by atoms with Crippen LogP contribution < -0.4 is 9.62 Å². The fourth-order valence-electron chi connectivity index (χ4n) is 3.81. The van der Waals surface area contributed by atoms with Crippen molar-refractivity contribution >= 4 is 62.3 Å². The maximum absolute atomic E-state index is 13.9. The lowest BCUT2D eigenvalue weighted by Gasteiger charge is -2.33. The molecule has 0 heterocycles. The molecule has 0 aromatic heterocycles. The van der Waals surface area contributed by atoms with E-state index in [0.29, 0.717) is 10.6 Å². The molecule has 0 aliphatic rings. The smallest absolute Gasteiger partial charge is 0.264 e. The summed E-state index contributed by atoms with van der Waals surface area (Å²) in [5, 5.41) is 2.81. The zero-order valence-corrected chi connectivity index (χ0v) is 23.6. The van der Waals surface area contributed by atoms with Gasteiger partial charge in [0.1, 0.15) is 18.4 Å². The largest absolute Gasteiger partial charge is 0.357 e.